The smallest absolute Gasteiger partial charge is 0.278 e. The molecule has 1 aliphatic heterocycles. The molecule has 3 N–H and O–H groups in total. The monoisotopic (exact) mass is 298 g/mol. The summed E-state index contributed by atoms with van der Waals surface area (Å²) < 4.78 is 21.7. The Bertz CT molecular complexity index is 738. The summed E-state index contributed by atoms with van der Waals surface area (Å²) in [7, 11) is 0. The van der Waals surface area contributed by atoms with E-state index in [2.05, 4.69) is 15.0 Å². The van der Waals surface area contributed by atoms with E-state index in [0.717, 1.165) is 0 Å². The zero-order chi connectivity index (χ0) is 15.4. The van der Waals surface area contributed by atoms with E-state index in [-0.39, 0.29) is 11.2 Å². The van der Waals surface area contributed by atoms with Gasteiger partial charge in [-0.3, -0.25) is 9.36 Å². The van der Waals surface area contributed by atoms with Gasteiger partial charge in [0.25, 0.3) is 5.56 Å². The number of aliphatic hydroxyl groups is 2. The highest BCUT2D eigenvalue weighted by Crippen LogP contribution is 2.48. The Labute approximate surface area is 118 Å². The number of alkyl halides is 1. The van der Waals surface area contributed by atoms with E-state index < -0.39 is 35.8 Å². The predicted molar refractivity (Wildman–Crippen MR) is 69.3 cm³/mol. The van der Waals surface area contributed by atoms with Gasteiger partial charge in [0.2, 0.25) is 0 Å². The zero-order valence-corrected chi connectivity index (χ0v) is 11.4. The minimum atomic E-state index is -2.21. The van der Waals surface area contributed by atoms with Crippen molar-refractivity contribution in [1.29, 1.82) is 0 Å². The second-order valence-corrected chi connectivity index (χ2v) is 5.44. The Balaban J connectivity index is 2.15. The molecule has 3 heterocycles. The maximum Gasteiger partial charge on any atom is 0.278 e. The molecule has 9 heteroatoms. The molecule has 3 rings (SSSR count). The fourth-order valence-electron chi connectivity index (χ4n) is 2.56. The lowest BCUT2D eigenvalue weighted by atomic mass is 9.85. The molecule has 2 aromatic rings. The molecule has 0 aliphatic carbocycles. The summed E-state index contributed by atoms with van der Waals surface area (Å²) in [6.07, 6.45) is 0.0428. The molecule has 0 bridgehead atoms. The first-order valence-electron chi connectivity index (χ1n) is 6.38. The third-order valence-corrected chi connectivity index (χ3v) is 4.16. The summed E-state index contributed by atoms with van der Waals surface area (Å²) in [6, 6.07) is 0. The molecule has 2 aromatic heterocycles. The van der Waals surface area contributed by atoms with Crippen molar-refractivity contribution < 1.29 is 19.3 Å². The van der Waals surface area contributed by atoms with Gasteiger partial charge in [0, 0.05) is 0 Å². The molecule has 0 aromatic carbocycles. The van der Waals surface area contributed by atoms with E-state index >= 15 is 4.39 Å². The highest BCUT2D eigenvalue weighted by atomic mass is 19.1. The summed E-state index contributed by atoms with van der Waals surface area (Å²) in [5.41, 5.74) is -4.38. The molecular weight excluding hydrogens is 283 g/mol. The van der Waals surface area contributed by atoms with Crippen molar-refractivity contribution in [2.75, 3.05) is 6.61 Å². The quantitative estimate of drug-likeness (QED) is 0.688. The third kappa shape index (κ3) is 1.74. The summed E-state index contributed by atoms with van der Waals surface area (Å²) in [6.45, 7) is 1.89. The minimum Gasteiger partial charge on any atom is -0.394 e. The van der Waals surface area contributed by atoms with Gasteiger partial charge >= 0.3 is 0 Å². The lowest BCUT2D eigenvalue weighted by Crippen LogP contribution is -2.51. The van der Waals surface area contributed by atoms with Gasteiger partial charge in [0.1, 0.15) is 11.7 Å². The molecule has 0 saturated carbocycles. The molecule has 1 aliphatic rings. The van der Waals surface area contributed by atoms with Crippen molar-refractivity contribution in [3.8, 4) is 0 Å². The molecule has 0 amide bonds. The first-order valence-corrected chi connectivity index (χ1v) is 6.38. The largest absolute Gasteiger partial charge is 0.394 e. The number of imidazole rings is 1. The van der Waals surface area contributed by atoms with E-state index in [0.29, 0.717) is 0 Å². The Morgan fingerprint density at radius 3 is 2.86 bits per heavy atom. The van der Waals surface area contributed by atoms with Crippen LogP contribution in [0.15, 0.2) is 17.4 Å². The van der Waals surface area contributed by atoms with E-state index in [1.54, 1.807) is 0 Å². The molecule has 1 fully saturated rings. The number of H-pyrrole nitrogens is 1. The number of fused-ring (bicyclic) bond motifs is 1. The van der Waals surface area contributed by atoms with Crippen molar-refractivity contribution in [2.45, 2.75) is 37.4 Å². The molecule has 1 saturated heterocycles. The molecule has 0 unspecified atom stereocenters. The molecule has 114 valence electrons. The van der Waals surface area contributed by atoms with Crippen molar-refractivity contribution in [3.05, 3.63) is 23.0 Å². The number of nitrogens with one attached hydrogen (secondary N) is 1. The number of nitrogens with zero attached hydrogens (tertiary/aromatic N) is 3. The molecule has 0 spiro atoms. The molecule has 21 heavy (non-hydrogen) atoms. The Hall–Kier alpha value is -1.84. The number of aliphatic hydroxyl groups excluding tert-OH is 1. The first kappa shape index (κ1) is 14.1. The lowest BCUT2D eigenvalue weighted by molar-refractivity contribution is -0.0891. The van der Waals surface area contributed by atoms with Crippen LogP contribution in [0.25, 0.3) is 11.2 Å². The van der Waals surface area contributed by atoms with Gasteiger partial charge < -0.3 is 19.9 Å². The van der Waals surface area contributed by atoms with Gasteiger partial charge in [-0.25, -0.2) is 14.4 Å². The van der Waals surface area contributed by atoms with Crippen LogP contribution in [0.3, 0.4) is 0 Å². The summed E-state index contributed by atoms with van der Waals surface area (Å²) >= 11 is 0. The van der Waals surface area contributed by atoms with Crippen LogP contribution in [-0.2, 0) is 4.74 Å². The average Bonchev–Trinajstić information content (AvgIpc) is 2.90. The number of aromatic nitrogens is 4. The van der Waals surface area contributed by atoms with Gasteiger partial charge in [-0.1, -0.05) is 0 Å². The second kappa shape index (κ2) is 4.33. The highest BCUT2D eigenvalue weighted by Gasteiger charge is 2.63. The normalized spacial score (nSPS) is 36.4. The average molecular weight is 298 g/mol. The zero-order valence-electron chi connectivity index (χ0n) is 11.4. The molecule has 8 nitrogen and oxygen atoms in total. The van der Waals surface area contributed by atoms with Crippen LogP contribution < -0.4 is 5.56 Å². The summed E-state index contributed by atoms with van der Waals surface area (Å²) in [4.78, 5) is 21.8. The van der Waals surface area contributed by atoms with Crippen LogP contribution >= 0.6 is 0 Å². The number of halogens is 1. The molecule has 0 radical (unpaired) electrons. The van der Waals surface area contributed by atoms with E-state index in [9.17, 15) is 15.0 Å². The van der Waals surface area contributed by atoms with Crippen molar-refractivity contribution in [1.82, 2.24) is 19.5 Å². The van der Waals surface area contributed by atoms with Crippen LogP contribution in [0.4, 0.5) is 4.39 Å². The highest BCUT2D eigenvalue weighted by molar-refractivity contribution is 5.69. The van der Waals surface area contributed by atoms with Crippen molar-refractivity contribution in [2.24, 2.45) is 0 Å². The van der Waals surface area contributed by atoms with Crippen molar-refractivity contribution in [3.63, 3.8) is 0 Å². The first-order chi connectivity index (χ1) is 9.80. The summed E-state index contributed by atoms with van der Waals surface area (Å²) in [5, 5.41) is 19.6. The lowest BCUT2D eigenvalue weighted by Gasteiger charge is -2.32. The van der Waals surface area contributed by atoms with Crippen molar-refractivity contribution >= 4 is 11.2 Å². The Morgan fingerprint density at radius 2 is 2.24 bits per heavy atom. The van der Waals surface area contributed by atoms with Crippen LogP contribution in [0.1, 0.15) is 20.1 Å². The number of hydrogen-bond acceptors (Lipinski definition) is 6. The Kier molecular flexibility index (Phi) is 2.91. The van der Waals surface area contributed by atoms with E-state index in [1.807, 2.05) is 0 Å². The number of ether oxygens (including phenoxy) is 1. The molecular formula is C12H15FN4O4. The summed E-state index contributed by atoms with van der Waals surface area (Å²) in [5.74, 6) is 0. The van der Waals surface area contributed by atoms with Gasteiger partial charge in [-0.2, -0.15) is 0 Å². The Morgan fingerprint density at radius 1 is 1.52 bits per heavy atom. The van der Waals surface area contributed by atoms with Gasteiger partial charge in [0.05, 0.1) is 19.3 Å². The predicted octanol–water partition coefficient (Wildman–Crippen LogP) is -0.512. The fraction of sp³-hybridized carbons (Fsp3) is 0.583. The number of hydrogen-bond donors (Lipinski definition) is 3. The fourth-order valence-corrected chi connectivity index (χ4v) is 2.56. The number of aromatic amines is 1. The standard InChI is InChI=1S/C12H15FN4O4/c1-11(13)10(21-6(3-18)12(11,2)20)17-5-16-7-8(17)14-4-15-9(7)19/h4-6,10,18,20H,3H2,1-2H3,(H,14,15,19)/t6-,10-,11+,12+/m1/s1. The van der Waals surface area contributed by atoms with E-state index in [1.165, 1.54) is 31.1 Å². The molecule has 4 atom stereocenters. The topological polar surface area (TPSA) is 113 Å². The van der Waals surface area contributed by atoms with Crippen LogP contribution in [0.2, 0.25) is 0 Å². The van der Waals surface area contributed by atoms with Crippen LogP contribution in [0.5, 0.6) is 0 Å². The van der Waals surface area contributed by atoms with Crippen LogP contribution in [-0.4, -0.2) is 53.7 Å². The van der Waals surface area contributed by atoms with Gasteiger partial charge in [0.15, 0.2) is 23.1 Å². The van der Waals surface area contributed by atoms with Gasteiger partial charge in [-0.05, 0) is 13.8 Å². The minimum absolute atomic E-state index is 0.0454. The maximum atomic E-state index is 15.0. The number of rotatable bonds is 2. The second-order valence-electron chi connectivity index (χ2n) is 5.44. The van der Waals surface area contributed by atoms with E-state index in [4.69, 9.17) is 4.74 Å². The SMILES string of the molecule is C[C@]1(O)[C@@H](CO)O[C@@H](n2cnc3c(=O)[nH]cnc32)[C@]1(C)F. The third-order valence-electron chi connectivity index (χ3n) is 4.16. The maximum absolute atomic E-state index is 15.0. The van der Waals surface area contributed by atoms with Crippen LogP contribution in [0, 0.1) is 0 Å². The van der Waals surface area contributed by atoms with Gasteiger partial charge in [-0.15, -0.1) is 0 Å².